The van der Waals surface area contributed by atoms with Crippen LogP contribution >= 0.6 is 0 Å². The molecule has 0 radical (unpaired) electrons. The average molecular weight is 360 g/mol. The third-order valence-corrected chi connectivity index (χ3v) is 4.00. The largest absolute Gasteiger partial charge is 0.484 e. The average Bonchev–Trinajstić information content (AvgIpc) is 2.73. The molecule has 3 aromatic rings. The Hall–Kier alpha value is -3.60. The fourth-order valence-electron chi connectivity index (χ4n) is 2.63. The lowest BCUT2D eigenvalue weighted by molar-refractivity contribution is -0.118. The van der Waals surface area contributed by atoms with Crippen molar-refractivity contribution in [3.63, 3.8) is 0 Å². The summed E-state index contributed by atoms with van der Waals surface area (Å²) in [6, 6.07) is 24.4. The molecule has 0 bridgehead atoms. The van der Waals surface area contributed by atoms with Crippen molar-refractivity contribution in [2.75, 3.05) is 19.0 Å². The van der Waals surface area contributed by atoms with Crippen LogP contribution < -0.4 is 15.4 Å². The number of benzene rings is 3. The van der Waals surface area contributed by atoms with Gasteiger partial charge in [0.2, 0.25) is 0 Å². The van der Waals surface area contributed by atoms with Crippen LogP contribution in [0.3, 0.4) is 0 Å². The number of carbonyl (C=O) groups is 2. The summed E-state index contributed by atoms with van der Waals surface area (Å²) in [5.74, 6) is 0.00576. The second-order valence-electron chi connectivity index (χ2n) is 5.85. The van der Waals surface area contributed by atoms with Crippen molar-refractivity contribution in [2.45, 2.75) is 0 Å². The number of anilines is 1. The number of para-hydroxylation sites is 1. The van der Waals surface area contributed by atoms with Gasteiger partial charge in [-0.3, -0.25) is 9.59 Å². The van der Waals surface area contributed by atoms with Crippen molar-refractivity contribution in [2.24, 2.45) is 0 Å². The molecule has 0 saturated carbocycles. The molecule has 0 aliphatic rings. The summed E-state index contributed by atoms with van der Waals surface area (Å²) in [7, 11) is 1.54. The van der Waals surface area contributed by atoms with Crippen LogP contribution in [0, 0.1) is 0 Å². The molecule has 0 aromatic heterocycles. The first kappa shape index (κ1) is 18.2. The molecule has 0 unspecified atom stereocenters. The Morgan fingerprint density at radius 1 is 0.815 bits per heavy atom. The van der Waals surface area contributed by atoms with Gasteiger partial charge in [0, 0.05) is 7.05 Å². The Kier molecular flexibility index (Phi) is 5.84. The van der Waals surface area contributed by atoms with E-state index in [4.69, 9.17) is 4.74 Å². The molecular weight excluding hydrogens is 340 g/mol. The molecule has 0 aliphatic heterocycles. The van der Waals surface area contributed by atoms with Crippen molar-refractivity contribution in [3.05, 3.63) is 84.4 Å². The number of hydrogen-bond donors (Lipinski definition) is 2. The zero-order chi connectivity index (χ0) is 19.1. The highest BCUT2D eigenvalue weighted by Gasteiger charge is 2.12. The first-order chi connectivity index (χ1) is 13.2. The molecular formula is C22H20N2O3. The van der Waals surface area contributed by atoms with Crippen molar-refractivity contribution in [3.8, 4) is 16.9 Å². The monoisotopic (exact) mass is 360 g/mol. The predicted molar refractivity (Wildman–Crippen MR) is 106 cm³/mol. The first-order valence-electron chi connectivity index (χ1n) is 8.56. The van der Waals surface area contributed by atoms with Crippen LogP contribution in [0.5, 0.6) is 5.75 Å². The van der Waals surface area contributed by atoms with Crippen LogP contribution in [0.1, 0.15) is 10.4 Å². The van der Waals surface area contributed by atoms with Gasteiger partial charge >= 0.3 is 0 Å². The highest BCUT2D eigenvalue weighted by molar-refractivity contribution is 6.03. The van der Waals surface area contributed by atoms with Gasteiger partial charge in [0.15, 0.2) is 6.61 Å². The van der Waals surface area contributed by atoms with Crippen LogP contribution in [0.2, 0.25) is 0 Å². The molecule has 0 heterocycles. The van der Waals surface area contributed by atoms with E-state index in [1.54, 1.807) is 31.3 Å². The minimum absolute atomic E-state index is 0.146. The highest BCUT2D eigenvalue weighted by atomic mass is 16.5. The third kappa shape index (κ3) is 4.73. The summed E-state index contributed by atoms with van der Waals surface area (Å²) in [6.45, 7) is -0.146. The second kappa shape index (κ2) is 8.67. The Balaban J connectivity index is 1.59. The SMILES string of the molecule is CNC(=O)c1ccccc1NC(=O)COc1ccc(-c2ccccc2)cc1. The number of carbonyl (C=O) groups excluding carboxylic acids is 2. The lowest BCUT2D eigenvalue weighted by Gasteiger charge is -2.11. The molecule has 0 fully saturated rings. The molecule has 0 atom stereocenters. The summed E-state index contributed by atoms with van der Waals surface area (Å²) >= 11 is 0. The Labute approximate surface area is 158 Å². The number of amides is 2. The maximum atomic E-state index is 12.2. The molecule has 2 amide bonds. The van der Waals surface area contributed by atoms with Crippen LogP contribution in [0.25, 0.3) is 11.1 Å². The molecule has 2 N–H and O–H groups in total. The van der Waals surface area contributed by atoms with Crippen LogP contribution in [0.15, 0.2) is 78.9 Å². The Morgan fingerprint density at radius 3 is 2.15 bits per heavy atom. The Bertz CT molecular complexity index is 922. The van der Waals surface area contributed by atoms with Crippen LogP contribution in [-0.4, -0.2) is 25.5 Å². The van der Waals surface area contributed by atoms with Crippen molar-refractivity contribution in [1.82, 2.24) is 5.32 Å². The van der Waals surface area contributed by atoms with E-state index in [2.05, 4.69) is 10.6 Å². The minimum atomic E-state index is -0.335. The van der Waals surface area contributed by atoms with Crippen molar-refractivity contribution >= 4 is 17.5 Å². The normalized spacial score (nSPS) is 10.1. The maximum Gasteiger partial charge on any atom is 0.262 e. The summed E-state index contributed by atoms with van der Waals surface area (Å²) in [6.07, 6.45) is 0. The molecule has 3 aromatic carbocycles. The topological polar surface area (TPSA) is 67.4 Å². The fourth-order valence-corrected chi connectivity index (χ4v) is 2.63. The highest BCUT2D eigenvalue weighted by Crippen LogP contribution is 2.22. The molecule has 0 aliphatic carbocycles. The van der Waals surface area contributed by atoms with Gasteiger partial charge in [-0.05, 0) is 35.4 Å². The van der Waals surface area contributed by atoms with E-state index >= 15 is 0 Å². The fraction of sp³-hybridized carbons (Fsp3) is 0.0909. The molecule has 136 valence electrons. The van der Waals surface area contributed by atoms with E-state index < -0.39 is 0 Å². The second-order valence-corrected chi connectivity index (χ2v) is 5.85. The number of hydrogen-bond acceptors (Lipinski definition) is 3. The number of nitrogens with one attached hydrogen (secondary N) is 2. The first-order valence-corrected chi connectivity index (χ1v) is 8.56. The zero-order valence-electron chi connectivity index (χ0n) is 14.9. The van der Waals surface area contributed by atoms with Gasteiger partial charge in [-0.15, -0.1) is 0 Å². The molecule has 5 heteroatoms. The van der Waals surface area contributed by atoms with E-state index in [0.717, 1.165) is 11.1 Å². The lowest BCUT2D eigenvalue weighted by Crippen LogP contribution is -2.24. The summed E-state index contributed by atoms with van der Waals surface area (Å²) in [5, 5.41) is 5.26. The van der Waals surface area contributed by atoms with Crippen molar-refractivity contribution < 1.29 is 14.3 Å². The summed E-state index contributed by atoms with van der Waals surface area (Å²) in [5.41, 5.74) is 3.05. The van der Waals surface area contributed by atoms with E-state index in [1.807, 2.05) is 54.6 Å². The lowest BCUT2D eigenvalue weighted by atomic mass is 10.1. The third-order valence-electron chi connectivity index (χ3n) is 4.00. The molecule has 0 saturated heterocycles. The number of ether oxygens (including phenoxy) is 1. The summed E-state index contributed by atoms with van der Waals surface area (Å²) < 4.78 is 5.54. The van der Waals surface area contributed by atoms with Crippen molar-refractivity contribution in [1.29, 1.82) is 0 Å². The smallest absolute Gasteiger partial charge is 0.262 e. The standard InChI is InChI=1S/C22H20N2O3/c1-23-22(26)19-9-5-6-10-20(19)24-21(25)15-27-18-13-11-17(12-14-18)16-7-3-2-4-8-16/h2-14H,15H2,1H3,(H,23,26)(H,24,25). The van der Waals surface area contributed by atoms with Gasteiger partial charge in [-0.1, -0.05) is 54.6 Å². The van der Waals surface area contributed by atoms with Gasteiger partial charge in [0.05, 0.1) is 11.3 Å². The predicted octanol–water partition coefficient (Wildman–Crippen LogP) is 3.73. The van der Waals surface area contributed by atoms with Gasteiger partial charge in [-0.2, -0.15) is 0 Å². The van der Waals surface area contributed by atoms with Gasteiger partial charge < -0.3 is 15.4 Å². The van der Waals surface area contributed by atoms with E-state index in [1.165, 1.54) is 0 Å². The quantitative estimate of drug-likeness (QED) is 0.704. The number of rotatable bonds is 6. The minimum Gasteiger partial charge on any atom is -0.484 e. The van der Waals surface area contributed by atoms with Gasteiger partial charge in [-0.25, -0.2) is 0 Å². The Morgan fingerprint density at radius 2 is 1.44 bits per heavy atom. The maximum absolute atomic E-state index is 12.2. The molecule has 5 nitrogen and oxygen atoms in total. The van der Waals surface area contributed by atoms with E-state index in [-0.39, 0.29) is 18.4 Å². The molecule has 0 spiro atoms. The van der Waals surface area contributed by atoms with Crippen LogP contribution in [0.4, 0.5) is 5.69 Å². The molecule has 3 rings (SSSR count). The van der Waals surface area contributed by atoms with E-state index in [0.29, 0.717) is 17.0 Å². The van der Waals surface area contributed by atoms with Gasteiger partial charge in [0.1, 0.15) is 5.75 Å². The van der Waals surface area contributed by atoms with E-state index in [9.17, 15) is 9.59 Å². The molecule has 27 heavy (non-hydrogen) atoms. The summed E-state index contributed by atoms with van der Waals surface area (Å²) in [4.78, 5) is 24.0. The zero-order valence-corrected chi connectivity index (χ0v) is 14.9. The van der Waals surface area contributed by atoms with Gasteiger partial charge in [0.25, 0.3) is 11.8 Å². The van der Waals surface area contributed by atoms with Crippen LogP contribution in [-0.2, 0) is 4.79 Å².